The van der Waals surface area contributed by atoms with Crippen molar-refractivity contribution in [2.75, 3.05) is 13.1 Å². The fraction of sp³-hybridized carbons (Fsp3) is 0.286. The average molecular weight is 263 g/mol. The zero-order valence-electron chi connectivity index (χ0n) is 10.6. The Hall–Kier alpha value is -1.57. The van der Waals surface area contributed by atoms with Gasteiger partial charge in [-0.1, -0.05) is 35.8 Å². The number of nitrogens with zero attached hydrogens (tertiary/aromatic N) is 1. The molecule has 1 aromatic rings. The summed E-state index contributed by atoms with van der Waals surface area (Å²) in [5, 5.41) is 0. The molecule has 0 heterocycles. The van der Waals surface area contributed by atoms with Gasteiger partial charge in [-0.15, -0.1) is 6.42 Å². The van der Waals surface area contributed by atoms with Crippen LogP contribution in [0.5, 0.6) is 0 Å². The summed E-state index contributed by atoms with van der Waals surface area (Å²) < 4.78 is 25.9. The first kappa shape index (κ1) is 14.5. The van der Waals surface area contributed by atoms with Crippen LogP contribution < -0.4 is 0 Å². The molecule has 18 heavy (non-hydrogen) atoms. The Bertz CT molecular complexity index is 550. The van der Waals surface area contributed by atoms with Crippen LogP contribution in [0.25, 0.3) is 0 Å². The monoisotopic (exact) mass is 263 g/mol. The maximum absolute atomic E-state index is 12.3. The van der Waals surface area contributed by atoms with Gasteiger partial charge >= 0.3 is 0 Å². The van der Waals surface area contributed by atoms with Crippen molar-refractivity contribution >= 4 is 10.0 Å². The second kappa shape index (κ2) is 6.39. The van der Waals surface area contributed by atoms with E-state index in [4.69, 9.17) is 6.42 Å². The molecule has 96 valence electrons. The second-order valence-corrected chi connectivity index (χ2v) is 5.82. The third-order valence-corrected chi connectivity index (χ3v) is 4.30. The van der Waals surface area contributed by atoms with E-state index in [1.807, 2.05) is 13.8 Å². The third-order valence-electron chi connectivity index (χ3n) is 2.47. The molecule has 4 heteroatoms. The molecule has 0 saturated carbocycles. The minimum Gasteiger partial charge on any atom is -0.207 e. The topological polar surface area (TPSA) is 37.4 Å². The number of hydrogen-bond acceptors (Lipinski definition) is 2. The first-order valence-electron chi connectivity index (χ1n) is 5.64. The first-order chi connectivity index (χ1) is 8.52. The van der Waals surface area contributed by atoms with Gasteiger partial charge in [0.15, 0.2) is 0 Å². The first-order valence-corrected chi connectivity index (χ1v) is 7.08. The summed E-state index contributed by atoms with van der Waals surface area (Å²) in [6.07, 6.45) is 8.79. The molecule has 0 aliphatic heterocycles. The number of sulfonamides is 1. The number of benzene rings is 1. The molecule has 0 radical (unpaired) electrons. The van der Waals surface area contributed by atoms with Gasteiger partial charge in [-0.3, -0.25) is 0 Å². The Morgan fingerprint density at radius 3 is 2.44 bits per heavy atom. The maximum atomic E-state index is 12.3. The van der Waals surface area contributed by atoms with Crippen molar-refractivity contribution in [3.63, 3.8) is 0 Å². The van der Waals surface area contributed by atoms with Crippen molar-refractivity contribution < 1.29 is 8.42 Å². The van der Waals surface area contributed by atoms with E-state index in [-0.39, 0.29) is 18.0 Å². The van der Waals surface area contributed by atoms with Gasteiger partial charge in [0.1, 0.15) is 0 Å². The lowest BCUT2D eigenvalue weighted by Crippen LogP contribution is -2.31. The van der Waals surface area contributed by atoms with Crippen molar-refractivity contribution in [1.29, 1.82) is 0 Å². The summed E-state index contributed by atoms with van der Waals surface area (Å²) in [6, 6.07) is 6.75. The summed E-state index contributed by atoms with van der Waals surface area (Å²) in [7, 11) is -3.51. The highest BCUT2D eigenvalue weighted by Crippen LogP contribution is 2.16. The number of allylic oxidation sites excluding steroid dienone is 1. The summed E-state index contributed by atoms with van der Waals surface area (Å²) in [6.45, 7) is 4.11. The summed E-state index contributed by atoms with van der Waals surface area (Å²) in [5.41, 5.74) is 1.02. The Balaban J connectivity index is 3.08. The van der Waals surface area contributed by atoms with Crippen molar-refractivity contribution in [2.45, 2.75) is 18.7 Å². The molecular weight excluding hydrogens is 246 g/mol. The number of rotatable bonds is 5. The van der Waals surface area contributed by atoms with Crippen LogP contribution in [0.1, 0.15) is 12.5 Å². The van der Waals surface area contributed by atoms with Crippen LogP contribution in [0.3, 0.4) is 0 Å². The largest absolute Gasteiger partial charge is 0.244 e. The van der Waals surface area contributed by atoms with E-state index >= 15 is 0 Å². The molecule has 0 atom stereocenters. The summed E-state index contributed by atoms with van der Waals surface area (Å²) in [5.74, 6) is 2.38. The fourth-order valence-electron chi connectivity index (χ4n) is 1.43. The van der Waals surface area contributed by atoms with Crippen molar-refractivity contribution in [3.05, 3.63) is 42.0 Å². The van der Waals surface area contributed by atoms with Gasteiger partial charge in [0, 0.05) is 6.54 Å². The quantitative estimate of drug-likeness (QED) is 0.603. The molecule has 0 aliphatic rings. The zero-order valence-corrected chi connectivity index (χ0v) is 11.4. The van der Waals surface area contributed by atoms with Crippen LogP contribution in [-0.4, -0.2) is 25.8 Å². The lowest BCUT2D eigenvalue weighted by atomic mass is 10.2. The van der Waals surface area contributed by atoms with Gasteiger partial charge in [-0.2, -0.15) is 4.31 Å². The molecule has 0 bridgehead atoms. The van der Waals surface area contributed by atoms with E-state index in [0.717, 1.165) is 5.56 Å². The lowest BCUT2D eigenvalue weighted by Gasteiger charge is -2.18. The molecule has 3 nitrogen and oxygen atoms in total. The minimum atomic E-state index is -3.51. The third kappa shape index (κ3) is 3.46. The van der Waals surface area contributed by atoms with Gasteiger partial charge < -0.3 is 0 Å². The molecule has 0 fully saturated rings. The Morgan fingerprint density at radius 1 is 1.33 bits per heavy atom. The fourth-order valence-corrected chi connectivity index (χ4v) is 2.74. The highest BCUT2D eigenvalue weighted by atomic mass is 32.2. The highest BCUT2D eigenvalue weighted by Gasteiger charge is 2.22. The van der Waals surface area contributed by atoms with Crippen LogP contribution in [0.15, 0.2) is 41.3 Å². The van der Waals surface area contributed by atoms with Gasteiger partial charge in [-0.25, -0.2) is 8.42 Å². The van der Waals surface area contributed by atoms with Crippen molar-refractivity contribution in [3.8, 4) is 12.3 Å². The lowest BCUT2D eigenvalue weighted by molar-refractivity contribution is 0.478. The Morgan fingerprint density at radius 2 is 1.94 bits per heavy atom. The molecule has 1 rings (SSSR count). The molecule has 0 saturated heterocycles. The Labute approximate surface area is 109 Å². The van der Waals surface area contributed by atoms with E-state index in [9.17, 15) is 8.42 Å². The predicted octanol–water partition coefficient (Wildman–Crippen LogP) is 2.20. The second-order valence-electron chi connectivity index (χ2n) is 3.88. The van der Waals surface area contributed by atoms with Gasteiger partial charge in [0.05, 0.1) is 11.4 Å². The standard InChI is InChI=1S/C14H17NO2S/c1-4-6-12-15(11-5-2)18(16,17)14-9-7-13(3)8-10-14/h2,4,6-10H,11-12H2,1,3H3/b6-4-. The molecule has 0 aromatic heterocycles. The number of aryl methyl sites for hydroxylation is 1. The van der Waals surface area contributed by atoms with Crippen LogP contribution in [-0.2, 0) is 10.0 Å². The van der Waals surface area contributed by atoms with Gasteiger partial charge in [0.2, 0.25) is 10.0 Å². The molecule has 0 unspecified atom stereocenters. The van der Waals surface area contributed by atoms with E-state index in [1.54, 1.807) is 36.4 Å². The van der Waals surface area contributed by atoms with Crippen LogP contribution in [0, 0.1) is 19.3 Å². The number of terminal acetylenes is 1. The Kier molecular flexibility index (Phi) is 5.14. The average Bonchev–Trinajstić information content (AvgIpc) is 2.35. The highest BCUT2D eigenvalue weighted by molar-refractivity contribution is 7.89. The molecular formula is C14H17NO2S. The molecule has 0 spiro atoms. The van der Waals surface area contributed by atoms with Crippen LogP contribution in [0.4, 0.5) is 0 Å². The van der Waals surface area contributed by atoms with E-state index in [2.05, 4.69) is 5.92 Å². The zero-order chi connectivity index (χ0) is 13.6. The van der Waals surface area contributed by atoms with E-state index in [1.165, 1.54) is 4.31 Å². The van der Waals surface area contributed by atoms with Crippen molar-refractivity contribution in [2.24, 2.45) is 0 Å². The normalized spacial score (nSPS) is 11.9. The number of hydrogen-bond donors (Lipinski definition) is 0. The summed E-state index contributed by atoms with van der Waals surface area (Å²) in [4.78, 5) is 0.271. The summed E-state index contributed by atoms with van der Waals surface area (Å²) >= 11 is 0. The van der Waals surface area contributed by atoms with Gasteiger partial charge in [0.25, 0.3) is 0 Å². The van der Waals surface area contributed by atoms with Crippen LogP contribution >= 0.6 is 0 Å². The van der Waals surface area contributed by atoms with E-state index in [0.29, 0.717) is 0 Å². The molecule has 0 N–H and O–H groups in total. The minimum absolute atomic E-state index is 0.0700. The SMILES string of the molecule is C#CCN(C/C=C\C)S(=O)(=O)c1ccc(C)cc1. The smallest absolute Gasteiger partial charge is 0.207 e. The molecule has 0 aliphatic carbocycles. The molecule has 1 aromatic carbocycles. The molecule has 0 amide bonds. The van der Waals surface area contributed by atoms with Gasteiger partial charge in [-0.05, 0) is 26.0 Å². The van der Waals surface area contributed by atoms with Crippen molar-refractivity contribution in [1.82, 2.24) is 4.31 Å². The predicted molar refractivity (Wildman–Crippen MR) is 73.6 cm³/mol. The van der Waals surface area contributed by atoms with Crippen LogP contribution in [0.2, 0.25) is 0 Å². The maximum Gasteiger partial charge on any atom is 0.244 e. The van der Waals surface area contributed by atoms with E-state index < -0.39 is 10.0 Å².